The van der Waals surface area contributed by atoms with Crippen molar-refractivity contribution in [3.63, 3.8) is 0 Å². The van der Waals surface area contributed by atoms with Crippen molar-refractivity contribution in [3.05, 3.63) is 0 Å². The lowest BCUT2D eigenvalue weighted by molar-refractivity contribution is 0.158. The molecular formula is C8H17NOS. The largest absolute Gasteiger partial charge is 0.391 e. The zero-order chi connectivity index (χ0) is 8.10. The molecule has 2 N–H and O–H groups in total. The van der Waals surface area contributed by atoms with E-state index < -0.39 is 0 Å². The smallest absolute Gasteiger partial charge is 0.0712 e. The van der Waals surface area contributed by atoms with Crippen LogP contribution in [0.5, 0.6) is 0 Å². The molecule has 0 bridgehead atoms. The highest BCUT2D eigenvalue weighted by molar-refractivity contribution is 7.99. The van der Waals surface area contributed by atoms with E-state index in [0.29, 0.717) is 5.92 Å². The van der Waals surface area contributed by atoms with Crippen LogP contribution in [0.1, 0.15) is 13.3 Å². The van der Waals surface area contributed by atoms with Crippen molar-refractivity contribution in [1.29, 1.82) is 0 Å². The summed E-state index contributed by atoms with van der Waals surface area (Å²) in [6.07, 6.45) is 1.14. The first kappa shape index (κ1) is 9.36. The van der Waals surface area contributed by atoms with Crippen LogP contribution in [0.4, 0.5) is 0 Å². The van der Waals surface area contributed by atoms with Gasteiger partial charge in [0.15, 0.2) is 0 Å². The van der Waals surface area contributed by atoms with Crippen molar-refractivity contribution in [2.45, 2.75) is 19.4 Å². The minimum atomic E-state index is -0.0978. The van der Waals surface area contributed by atoms with Gasteiger partial charge in [0.2, 0.25) is 0 Å². The molecule has 3 heteroatoms. The SMILES string of the molecule is CCCSC[C@H]1CNC[C@@H]1O. The summed E-state index contributed by atoms with van der Waals surface area (Å²) in [7, 11) is 0. The van der Waals surface area contributed by atoms with Gasteiger partial charge in [-0.25, -0.2) is 0 Å². The van der Waals surface area contributed by atoms with Gasteiger partial charge in [-0.05, 0) is 17.9 Å². The Morgan fingerprint density at radius 2 is 2.36 bits per heavy atom. The van der Waals surface area contributed by atoms with Gasteiger partial charge < -0.3 is 10.4 Å². The van der Waals surface area contributed by atoms with Crippen molar-refractivity contribution in [2.75, 3.05) is 24.6 Å². The summed E-state index contributed by atoms with van der Waals surface area (Å²) in [6.45, 7) is 3.98. The standard InChI is InChI=1S/C8H17NOS/c1-2-3-11-6-7-4-9-5-8(7)10/h7-10H,2-6H2,1H3/t7-,8+/m1/s1. The van der Waals surface area contributed by atoms with E-state index in [9.17, 15) is 5.11 Å². The molecule has 1 heterocycles. The van der Waals surface area contributed by atoms with Crippen molar-refractivity contribution in [2.24, 2.45) is 5.92 Å². The highest BCUT2D eigenvalue weighted by Gasteiger charge is 2.23. The number of hydrogen-bond donors (Lipinski definition) is 2. The van der Waals surface area contributed by atoms with Gasteiger partial charge in [0.1, 0.15) is 0 Å². The molecule has 11 heavy (non-hydrogen) atoms. The molecule has 1 rings (SSSR count). The molecule has 0 aromatic carbocycles. The first-order valence-corrected chi connectivity index (χ1v) is 5.46. The number of thioether (sulfide) groups is 1. The number of β-amino-alcohol motifs (C(OH)–C–C–N with tert-alkyl or cyclic N) is 1. The first-order chi connectivity index (χ1) is 5.34. The summed E-state index contributed by atoms with van der Waals surface area (Å²) < 4.78 is 0. The molecule has 2 nitrogen and oxygen atoms in total. The van der Waals surface area contributed by atoms with Crippen LogP contribution in [0.15, 0.2) is 0 Å². The maximum atomic E-state index is 9.41. The molecule has 1 aliphatic heterocycles. The zero-order valence-corrected chi connectivity index (χ0v) is 7.86. The van der Waals surface area contributed by atoms with Crippen LogP contribution >= 0.6 is 11.8 Å². The van der Waals surface area contributed by atoms with E-state index in [2.05, 4.69) is 12.2 Å². The summed E-state index contributed by atoms with van der Waals surface area (Å²) >= 11 is 1.95. The third kappa shape index (κ3) is 3.01. The number of aliphatic hydroxyl groups is 1. The molecule has 0 radical (unpaired) electrons. The van der Waals surface area contributed by atoms with Gasteiger partial charge in [-0.1, -0.05) is 6.92 Å². The van der Waals surface area contributed by atoms with Crippen LogP contribution in [0, 0.1) is 5.92 Å². The van der Waals surface area contributed by atoms with Crippen LogP contribution in [-0.2, 0) is 0 Å². The zero-order valence-electron chi connectivity index (χ0n) is 7.05. The third-order valence-corrected chi connectivity index (χ3v) is 3.35. The Labute approximate surface area is 72.8 Å². The Morgan fingerprint density at radius 1 is 1.55 bits per heavy atom. The maximum absolute atomic E-state index is 9.41. The molecule has 0 aromatic rings. The third-order valence-electron chi connectivity index (χ3n) is 1.98. The fourth-order valence-electron chi connectivity index (χ4n) is 1.27. The topological polar surface area (TPSA) is 32.3 Å². The summed E-state index contributed by atoms with van der Waals surface area (Å²) in [5.41, 5.74) is 0. The van der Waals surface area contributed by atoms with E-state index in [1.54, 1.807) is 0 Å². The second-order valence-corrected chi connectivity index (χ2v) is 4.21. The van der Waals surface area contributed by atoms with Gasteiger partial charge in [-0.15, -0.1) is 0 Å². The van der Waals surface area contributed by atoms with Gasteiger partial charge in [-0.3, -0.25) is 0 Å². The molecule has 0 saturated carbocycles. The molecule has 0 spiro atoms. The molecule has 2 atom stereocenters. The predicted octanol–water partition coefficient (Wildman–Crippen LogP) is 0.710. The summed E-state index contributed by atoms with van der Waals surface area (Å²) in [5, 5.41) is 12.6. The van der Waals surface area contributed by atoms with Gasteiger partial charge in [0.05, 0.1) is 6.10 Å². The molecule has 1 aliphatic rings. The Kier molecular flexibility index (Phi) is 4.26. The molecule has 0 unspecified atom stereocenters. The average Bonchev–Trinajstić information content (AvgIpc) is 2.37. The van der Waals surface area contributed by atoms with Gasteiger partial charge in [0.25, 0.3) is 0 Å². The summed E-state index contributed by atoms with van der Waals surface area (Å²) in [5.74, 6) is 2.83. The number of rotatable bonds is 4. The van der Waals surface area contributed by atoms with E-state index >= 15 is 0 Å². The van der Waals surface area contributed by atoms with Gasteiger partial charge >= 0.3 is 0 Å². The fraction of sp³-hybridized carbons (Fsp3) is 1.00. The number of aliphatic hydroxyl groups excluding tert-OH is 1. The van der Waals surface area contributed by atoms with E-state index in [1.165, 1.54) is 12.2 Å². The molecule has 1 fully saturated rings. The summed E-state index contributed by atoms with van der Waals surface area (Å²) in [6, 6.07) is 0. The van der Waals surface area contributed by atoms with Crippen molar-refractivity contribution < 1.29 is 5.11 Å². The lowest BCUT2D eigenvalue weighted by Crippen LogP contribution is -2.19. The fourth-order valence-corrected chi connectivity index (χ4v) is 2.37. The monoisotopic (exact) mass is 175 g/mol. The number of nitrogens with one attached hydrogen (secondary N) is 1. The number of hydrogen-bond acceptors (Lipinski definition) is 3. The molecular weight excluding hydrogens is 158 g/mol. The molecule has 1 saturated heterocycles. The predicted molar refractivity (Wildman–Crippen MR) is 50.0 cm³/mol. The normalized spacial score (nSPS) is 31.1. The average molecular weight is 175 g/mol. The molecule has 0 aliphatic carbocycles. The highest BCUT2D eigenvalue weighted by atomic mass is 32.2. The van der Waals surface area contributed by atoms with E-state index in [0.717, 1.165) is 18.8 Å². The second kappa shape index (κ2) is 5.01. The van der Waals surface area contributed by atoms with Crippen molar-refractivity contribution in [3.8, 4) is 0 Å². The lowest BCUT2D eigenvalue weighted by Gasteiger charge is -2.11. The molecule has 0 aromatic heterocycles. The van der Waals surface area contributed by atoms with E-state index in [4.69, 9.17) is 0 Å². The lowest BCUT2D eigenvalue weighted by atomic mass is 10.1. The van der Waals surface area contributed by atoms with Crippen LogP contribution in [-0.4, -0.2) is 35.8 Å². The van der Waals surface area contributed by atoms with E-state index in [-0.39, 0.29) is 6.10 Å². The van der Waals surface area contributed by atoms with Crippen LogP contribution < -0.4 is 5.32 Å². The quantitative estimate of drug-likeness (QED) is 0.617. The van der Waals surface area contributed by atoms with Crippen molar-refractivity contribution >= 4 is 11.8 Å². The second-order valence-electron chi connectivity index (χ2n) is 3.06. The van der Waals surface area contributed by atoms with Gasteiger partial charge in [-0.2, -0.15) is 11.8 Å². The minimum absolute atomic E-state index is 0.0978. The molecule has 0 amide bonds. The Balaban J connectivity index is 2.05. The Morgan fingerprint density at radius 3 is 2.91 bits per heavy atom. The molecule has 66 valence electrons. The Hall–Kier alpha value is 0.270. The Bertz CT molecular complexity index is 110. The van der Waals surface area contributed by atoms with Crippen LogP contribution in [0.3, 0.4) is 0 Å². The van der Waals surface area contributed by atoms with Crippen LogP contribution in [0.25, 0.3) is 0 Å². The summed E-state index contributed by atoms with van der Waals surface area (Å²) in [4.78, 5) is 0. The van der Waals surface area contributed by atoms with Gasteiger partial charge in [0, 0.05) is 19.0 Å². The van der Waals surface area contributed by atoms with Crippen molar-refractivity contribution in [1.82, 2.24) is 5.32 Å². The van der Waals surface area contributed by atoms with E-state index in [1.807, 2.05) is 11.8 Å². The van der Waals surface area contributed by atoms with Crippen LogP contribution in [0.2, 0.25) is 0 Å². The highest BCUT2D eigenvalue weighted by Crippen LogP contribution is 2.15. The maximum Gasteiger partial charge on any atom is 0.0712 e. The first-order valence-electron chi connectivity index (χ1n) is 4.31. The minimum Gasteiger partial charge on any atom is -0.391 e.